The van der Waals surface area contributed by atoms with Crippen molar-refractivity contribution in [2.45, 2.75) is 76.7 Å². The molecule has 4 rings (SSSR count). The Kier molecular flexibility index (Phi) is 6.23. The summed E-state index contributed by atoms with van der Waals surface area (Å²) < 4.78 is 11.2. The number of rotatable bonds is 8. The highest BCUT2D eigenvalue weighted by atomic mass is 16.6. The molecule has 0 bridgehead atoms. The standard InChI is InChI=1S/C24H33NO3/c1-2-3-4-5-6-13-27-21-11-9-17-14-19(8-7-18(17)15-21)22-12-10-20-16-28-24(26)25-23(20)22/h7-8,14-15,20,22-23H,2-6,9-13,16H2,1H3,(H,25,26)/t20-,22-,23?/m1/s1. The van der Waals surface area contributed by atoms with Gasteiger partial charge in [-0.1, -0.05) is 50.8 Å². The van der Waals surface area contributed by atoms with E-state index in [0.717, 1.165) is 44.5 Å². The molecule has 1 saturated heterocycles. The van der Waals surface area contributed by atoms with Gasteiger partial charge in [0.1, 0.15) is 0 Å². The van der Waals surface area contributed by atoms with Gasteiger partial charge in [0.25, 0.3) is 0 Å². The third-order valence-electron chi connectivity index (χ3n) is 6.59. The second-order valence-corrected chi connectivity index (χ2v) is 8.54. The Hall–Kier alpha value is -1.97. The maximum absolute atomic E-state index is 11.7. The average Bonchev–Trinajstić information content (AvgIpc) is 3.13. The summed E-state index contributed by atoms with van der Waals surface area (Å²) in [4.78, 5) is 11.7. The molecular formula is C24H33NO3. The van der Waals surface area contributed by atoms with Crippen LogP contribution in [0, 0.1) is 5.92 Å². The number of alkyl carbamates (subject to hydrolysis) is 1. The fraction of sp³-hybridized carbons (Fsp3) is 0.625. The zero-order chi connectivity index (χ0) is 19.3. The molecule has 1 saturated carbocycles. The second-order valence-electron chi connectivity index (χ2n) is 8.54. The number of hydrogen-bond acceptors (Lipinski definition) is 3. The van der Waals surface area contributed by atoms with Crippen molar-refractivity contribution in [1.29, 1.82) is 0 Å². The highest BCUT2D eigenvalue weighted by Crippen LogP contribution is 2.41. The quantitative estimate of drug-likeness (QED) is 0.598. The van der Waals surface area contributed by atoms with E-state index in [1.54, 1.807) is 0 Å². The summed E-state index contributed by atoms with van der Waals surface area (Å²) in [5.41, 5.74) is 4.07. The van der Waals surface area contributed by atoms with Crippen molar-refractivity contribution in [2.75, 3.05) is 13.2 Å². The fourth-order valence-corrected chi connectivity index (χ4v) is 4.96. The molecule has 1 amide bonds. The van der Waals surface area contributed by atoms with Crippen molar-refractivity contribution in [1.82, 2.24) is 5.32 Å². The number of fused-ring (bicyclic) bond motifs is 2. The number of amides is 1. The molecule has 0 radical (unpaired) electrons. The van der Waals surface area contributed by atoms with E-state index < -0.39 is 0 Å². The zero-order valence-electron chi connectivity index (χ0n) is 17.0. The maximum Gasteiger partial charge on any atom is 0.407 e. The van der Waals surface area contributed by atoms with Crippen LogP contribution in [-0.2, 0) is 15.9 Å². The van der Waals surface area contributed by atoms with Gasteiger partial charge in [-0.25, -0.2) is 4.79 Å². The number of ether oxygens (including phenoxy) is 2. The minimum absolute atomic E-state index is 0.227. The minimum Gasteiger partial charge on any atom is -0.498 e. The van der Waals surface area contributed by atoms with E-state index in [1.807, 2.05) is 0 Å². The van der Waals surface area contributed by atoms with E-state index in [2.05, 4.69) is 36.5 Å². The molecule has 0 aromatic heterocycles. The molecule has 1 N–H and O–H groups in total. The molecule has 3 aliphatic rings. The smallest absolute Gasteiger partial charge is 0.407 e. The highest BCUT2D eigenvalue weighted by molar-refractivity contribution is 5.69. The lowest BCUT2D eigenvalue weighted by atomic mass is 9.86. The number of cyclic esters (lactones) is 1. The van der Waals surface area contributed by atoms with Crippen LogP contribution in [-0.4, -0.2) is 25.3 Å². The molecule has 4 nitrogen and oxygen atoms in total. The van der Waals surface area contributed by atoms with Gasteiger partial charge >= 0.3 is 6.09 Å². The Bertz CT molecular complexity index is 727. The zero-order valence-corrected chi connectivity index (χ0v) is 17.0. The van der Waals surface area contributed by atoms with Crippen LogP contribution in [0.5, 0.6) is 0 Å². The number of nitrogens with one attached hydrogen (secondary N) is 1. The predicted molar refractivity (Wildman–Crippen MR) is 111 cm³/mol. The van der Waals surface area contributed by atoms with E-state index in [9.17, 15) is 4.79 Å². The first-order chi connectivity index (χ1) is 13.7. The average molecular weight is 384 g/mol. The normalized spacial score (nSPS) is 26.0. The number of benzene rings is 1. The summed E-state index contributed by atoms with van der Waals surface area (Å²) in [7, 11) is 0. The van der Waals surface area contributed by atoms with Crippen molar-refractivity contribution >= 4 is 12.2 Å². The molecule has 152 valence electrons. The molecule has 1 aromatic carbocycles. The van der Waals surface area contributed by atoms with Gasteiger partial charge < -0.3 is 14.8 Å². The molecule has 28 heavy (non-hydrogen) atoms. The SMILES string of the molecule is CCCCCCCOC1=Cc2ccc([C@H]3CC[C@@H]4COC(=O)NC43)cc2CC1. The lowest BCUT2D eigenvalue weighted by Crippen LogP contribution is -2.47. The lowest BCUT2D eigenvalue weighted by Gasteiger charge is -2.30. The van der Waals surface area contributed by atoms with Crippen LogP contribution in [0.25, 0.3) is 6.08 Å². The molecule has 2 aliphatic carbocycles. The van der Waals surface area contributed by atoms with Crippen molar-refractivity contribution in [3.05, 3.63) is 40.6 Å². The van der Waals surface area contributed by atoms with Crippen LogP contribution in [0.4, 0.5) is 4.79 Å². The van der Waals surface area contributed by atoms with Crippen molar-refractivity contribution in [2.24, 2.45) is 5.92 Å². The summed E-state index contributed by atoms with van der Waals surface area (Å²) in [6, 6.07) is 7.08. The Labute approximate surface area is 168 Å². The number of carbonyl (C=O) groups excluding carboxylic acids is 1. The molecule has 0 spiro atoms. The number of hydrogen-bond donors (Lipinski definition) is 1. The first-order valence-electron chi connectivity index (χ1n) is 11.1. The number of allylic oxidation sites excluding steroid dienone is 1. The lowest BCUT2D eigenvalue weighted by molar-refractivity contribution is 0.0878. The molecular weight excluding hydrogens is 350 g/mol. The van der Waals surface area contributed by atoms with Crippen LogP contribution >= 0.6 is 0 Å². The van der Waals surface area contributed by atoms with E-state index in [4.69, 9.17) is 9.47 Å². The van der Waals surface area contributed by atoms with Gasteiger partial charge in [-0.15, -0.1) is 0 Å². The number of carbonyl (C=O) groups is 1. The third-order valence-corrected chi connectivity index (χ3v) is 6.59. The molecule has 1 unspecified atom stereocenters. The molecule has 1 aromatic rings. The molecule has 4 heteroatoms. The van der Waals surface area contributed by atoms with Gasteiger partial charge in [0.15, 0.2) is 0 Å². The minimum atomic E-state index is -0.259. The Morgan fingerprint density at radius 1 is 1.14 bits per heavy atom. The molecule has 1 aliphatic heterocycles. The molecule has 3 atom stereocenters. The third kappa shape index (κ3) is 4.37. The van der Waals surface area contributed by atoms with Gasteiger partial charge in [0.05, 0.1) is 19.0 Å². The first-order valence-corrected chi connectivity index (χ1v) is 11.1. The van der Waals surface area contributed by atoms with E-state index in [-0.39, 0.29) is 12.1 Å². The number of aryl methyl sites for hydroxylation is 1. The fourth-order valence-electron chi connectivity index (χ4n) is 4.96. The van der Waals surface area contributed by atoms with Crippen LogP contribution in [0.3, 0.4) is 0 Å². The van der Waals surface area contributed by atoms with E-state index >= 15 is 0 Å². The second kappa shape index (κ2) is 9.02. The largest absolute Gasteiger partial charge is 0.498 e. The van der Waals surface area contributed by atoms with Crippen molar-refractivity contribution < 1.29 is 14.3 Å². The van der Waals surface area contributed by atoms with E-state index in [0.29, 0.717) is 18.4 Å². The summed E-state index contributed by atoms with van der Waals surface area (Å²) >= 11 is 0. The van der Waals surface area contributed by atoms with E-state index in [1.165, 1.54) is 42.4 Å². The Morgan fingerprint density at radius 2 is 2.04 bits per heavy atom. The van der Waals surface area contributed by atoms with Crippen LogP contribution in [0.2, 0.25) is 0 Å². The highest BCUT2D eigenvalue weighted by Gasteiger charge is 2.41. The van der Waals surface area contributed by atoms with Crippen LogP contribution < -0.4 is 5.32 Å². The number of unbranched alkanes of at least 4 members (excludes halogenated alkanes) is 4. The Balaban J connectivity index is 1.36. The topological polar surface area (TPSA) is 47.6 Å². The van der Waals surface area contributed by atoms with Crippen LogP contribution in [0.15, 0.2) is 24.0 Å². The van der Waals surface area contributed by atoms with Crippen molar-refractivity contribution in [3.8, 4) is 0 Å². The van der Waals surface area contributed by atoms with Gasteiger partial charge in [0, 0.05) is 24.3 Å². The summed E-state index contributed by atoms with van der Waals surface area (Å²) in [6.45, 7) is 3.66. The summed E-state index contributed by atoms with van der Waals surface area (Å²) in [6.07, 6.45) is 12.6. The first kappa shape index (κ1) is 19.4. The van der Waals surface area contributed by atoms with Crippen molar-refractivity contribution in [3.63, 3.8) is 0 Å². The van der Waals surface area contributed by atoms with Gasteiger partial charge in [-0.05, 0) is 48.4 Å². The predicted octanol–water partition coefficient (Wildman–Crippen LogP) is 5.56. The summed E-state index contributed by atoms with van der Waals surface area (Å²) in [5, 5.41) is 3.06. The molecule has 2 fully saturated rings. The van der Waals surface area contributed by atoms with Gasteiger partial charge in [-0.2, -0.15) is 0 Å². The van der Waals surface area contributed by atoms with Gasteiger partial charge in [0.2, 0.25) is 0 Å². The maximum atomic E-state index is 11.7. The van der Waals surface area contributed by atoms with Crippen LogP contribution in [0.1, 0.15) is 80.9 Å². The molecule has 1 heterocycles. The van der Waals surface area contributed by atoms with Gasteiger partial charge in [-0.3, -0.25) is 0 Å². The Morgan fingerprint density at radius 3 is 2.93 bits per heavy atom. The monoisotopic (exact) mass is 383 g/mol. The summed E-state index contributed by atoms with van der Waals surface area (Å²) in [5.74, 6) is 2.00.